The first-order valence-electron chi connectivity index (χ1n) is 14.7. The number of hydrogen-bond acceptors (Lipinski definition) is 8. The Hall–Kier alpha value is -5.10. The first-order chi connectivity index (χ1) is 23.4. The molecule has 1 saturated heterocycles. The molecule has 0 amide bonds. The van der Waals surface area contributed by atoms with E-state index in [1.165, 1.54) is 12.1 Å². The number of hydrogen-bond donors (Lipinski definition) is 1. The largest absolute Gasteiger partial charge is 0.493 e. The van der Waals surface area contributed by atoms with Gasteiger partial charge in [0.1, 0.15) is 0 Å². The molecule has 0 atom stereocenters. The van der Waals surface area contributed by atoms with Crippen LogP contribution in [0, 0.1) is 5.82 Å². The van der Waals surface area contributed by atoms with Gasteiger partial charge in [-0.05, 0) is 48.0 Å². The summed E-state index contributed by atoms with van der Waals surface area (Å²) in [5.41, 5.74) is 0.757. The third-order valence-corrected chi connectivity index (χ3v) is 9.28. The summed E-state index contributed by atoms with van der Waals surface area (Å²) in [5.74, 6) is -8.29. The molecule has 1 fully saturated rings. The van der Waals surface area contributed by atoms with Crippen LogP contribution in [0.2, 0.25) is 0 Å². The van der Waals surface area contributed by atoms with E-state index in [0.717, 1.165) is 41.0 Å². The molecule has 6 rings (SSSR count). The van der Waals surface area contributed by atoms with E-state index >= 15 is 4.39 Å². The molecule has 264 valence electrons. The number of aromatic nitrogens is 2. The minimum atomic E-state index is -5.59. The third kappa shape index (κ3) is 6.72. The summed E-state index contributed by atoms with van der Waals surface area (Å²) in [6, 6.07) is 13.7. The molecular formula is C32H25F7N4O6S. The van der Waals surface area contributed by atoms with E-state index in [1.54, 1.807) is 11.1 Å². The number of nitrogens with one attached hydrogen (secondary N) is 1. The van der Waals surface area contributed by atoms with Crippen molar-refractivity contribution in [3.63, 3.8) is 0 Å². The van der Waals surface area contributed by atoms with Crippen molar-refractivity contribution in [2.75, 3.05) is 37.3 Å². The van der Waals surface area contributed by atoms with E-state index in [0.29, 0.717) is 37.0 Å². The van der Waals surface area contributed by atoms with Crippen molar-refractivity contribution in [1.82, 2.24) is 14.6 Å². The Morgan fingerprint density at radius 2 is 1.52 bits per heavy atom. The number of benzene rings is 3. The lowest BCUT2D eigenvalue weighted by Crippen LogP contribution is -2.46. The van der Waals surface area contributed by atoms with E-state index in [4.69, 9.17) is 4.84 Å². The Balaban J connectivity index is 1.50. The van der Waals surface area contributed by atoms with E-state index in [2.05, 4.69) is 14.6 Å². The van der Waals surface area contributed by atoms with Gasteiger partial charge in [0.2, 0.25) is 0 Å². The van der Waals surface area contributed by atoms with Gasteiger partial charge in [-0.1, -0.05) is 18.2 Å². The van der Waals surface area contributed by atoms with Gasteiger partial charge in [-0.2, -0.15) is 31.1 Å². The number of nitrogens with zero attached hydrogens (tertiary/aromatic N) is 3. The fourth-order valence-electron chi connectivity index (χ4n) is 5.86. The highest BCUT2D eigenvalue weighted by Gasteiger charge is 2.44. The fourth-order valence-corrected chi connectivity index (χ4v) is 6.49. The Kier molecular flexibility index (Phi) is 8.80. The first kappa shape index (κ1) is 34.8. The van der Waals surface area contributed by atoms with Crippen molar-refractivity contribution in [2.24, 2.45) is 0 Å². The number of rotatable bonds is 7. The number of aromatic amines is 1. The molecule has 5 aromatic rings. The maximum atomic E-state index is 15.3. The van der Waals surface area contributed by atoms with Gasteiger partial charge in [0.25, 0.3) is 0 Å². The van der Waals surface area contributed by atoms with Crippen LogP contribution < -0.4 is 14.5 Å². The zero-order valence-electron chi connectivity index (χ0n) is 25.7. The number of H-pyrrole nitrogens is 1. The zero-order chi connectivity index (χ0) is 36.2. The van der Waals surface area contributed by atoms with Crippen molar-refractivity contribution in [3.05, 3.63) is 78.4 Å². The van der Waals surface area contributed by atoms with E-state index < -0.39 is 56.6 Å². The lowest BCUT2D eigenvalue weighted by Gasteiger charge is -2.36. The van der Waals surface area contributed by atoms with Crippen molar-refractivity contribution in [2.45, 2.75) is 23.8 Å². The zero-order valence-corrected chi connectivity index (χ0v) is 26.5. The van der Waals surface area contributed by atoms with Crippen molar-refractivity contribution in [1.29, 1.82) is 0 Å². The standard InChI is InChI=1S/C32H25F7N4O6S/c1-50(46,47)19-7-5-18(6-8-19)26-25(17-41-13-15-42(16-14-41)23-4-2-3-22-20(23)11-12-40-22)43(49-30(45)32(37,38)39)24-10-9-21(33)28(27(24)26)48-29(44)31(34,35)36/h2-12,40H,13-17H2,1H3. The fraction of sp³-hybridized carbons (Fsp3) is 0.250. The number of anilines is 1. The summed E-state index contributed by atoms with van der Waals surface area (Å²) in [5, 5.41) is 0.334. The number of carbonyl (C=O) groups is 2. The topological polar surface area (TPSA) is 114 Å². The number of fused-ring (bicyclic) bond motifs is 2. The predicted molar refractivity (Wildman–Crippen MR) is 166 cm³/mol. The highest BCUT2D eigenvalue weighted by molar-refractivity contribution is 7.90. The van der Waals surface area contributed by atoms with Crippen LogP contribution in [0.25, 0.3) is 32.9 Å². The van der Waals surface area contributed by atoms with E-state index in [1.807, 2.05) is 24.3 Å². The third-order valence-electron chi connectivity index (χ3n) is 8.15. The molecule has 0 saturated carbocycles. The van der Waals surface area contributed by atoms with Crippen LogP contribution in [-0.2, 0) is 26.0 Å². The highest BCUT2D eigenvalue weighted by Crippen LogP contribution is 2.43. The van der Waals surface area contributed by atoms with Crippen LogP contribution in [0.4, 0.5) is 36.4 Å². The van der Waals surface area contributed by atoms with E-state index in [-0.39, 0.29) is 28.3 Å². The second kappa shape index (κ2) is 12.7. The Morgan fingerprint density at radius 1 is 0.860 bits per heavy atom. The lowest BCUT2D eigenvalue weighted by molar-refractivity contribution is -0.199. The number of ether oxygens (including phenoxy) is 1. The SMILES string of the molecule is CS(=O)(=O)c1ccc(-c2c(CN3CCN(c4cccc5[nH]ccc45)CC3)n(OC(=O)C(F)(F)F)c3ccc(F)c(OC(=O)C(F)(F)F)c23)cc1. The van der Waals surface area contributed by atoms with Crippen LogP contribution in [0.5, 0.6) is 5.75 Å². The minimum Gasteiger partial charge on any atom is -0.416 e. The van der Waals surface area contributed by atoms with Crippen LogP contribution in [0.15, 0.2) is 71.8 Å². The van der Waals surface area contributed by atoms with Crippen molar-refractivity contribution >= 4 is 49.3 Å². The van der Waals surface area contributed by atoms with Gasteiger partial charge in [0, 0.05) is 67.3 Å². The van der Waals surface area contributed by atoms with Crippen LogP contribution in [0.3, 0.4) is 0 Å². The second-order valence-corrected chi connectivity index (χ2v) is 13.4. The van der Waals surface area contributed by atoms with Gasteiger partial charge in [-0.25, -0.2) is 22.4 Å². The van der Waals surface area contributed by atoms with Crippen LogP contribution in [-0.4, -0.2) is 79.8 Å². The lowest BCUT2D eigenvalue weighted by atomic mass is 10.0. The highest BCUT2D eigenvalue weighted by atomic mass is 32.2. The van der Waals surface area contributed by atoms with Gasteiger partial charge in [-0.15, -0.1) is 0 Å². The summed E-state index contributed by atoms with van der Waals surface area (Å²) in [7, 11) is -3.76. The number of alkyl halides is 6. The Morgan fingerprint density at radius 3 is 2.14 bits per heavy atom. The molecule has 3 heterocycles. The summed E-state index contributed by atoms with van der Waals surface area (Å²) in [4.78, 5) is 35.7. The van der Waals surface area contributed by atoms with Gasteiger partial charge in [0.05, 0.1) is 21.5 Å². The summed E-state index contributed by atoms with van der Waals surface area (Å²) >= 11 is 0. The molecule has 0 aliphatic carbocycles. The molecule has 0 bridgehead atoms. The number of carbonyl (C=O) groups excluding carboxylic acids is 2. The molecule has 10 nitrogen and oxygen atoms in total. The molecule has 0 radical (unpaired) electrons. The molecule has 3 aromatic carbocycles. The number of piperazine rings is 1. The van der Waals surface area contributed by atoms with Gasteiger partial charge >= 0.3 is 24.3 Å². The Bertz CT molecular complexity index is 2220. The smallest absolute Gasteiger partial charge is 0.416 e. The maximum absolute atomic E-state index is 15.3. The molecule has 0 unspecified atom stereocenters. The van der Waals surface area contributed by atoms with Crippen LogP contribution in [0.1, 0.15) is 5.69 Å². The molecule has 18 heteroatoms. The molecule has 1 aliphatic rings. The summed E-state index contributed by atoms with van der Waals surface area (Å²) < 4.78 is 125. The predicted octanol–water partition coefficient (Wildman–Crippen LogP) is 5.64. The summed E-state index contributed by atoms with van der Waals surface area (Å²) in [6.07, 6.45) is -8.42. The maximum Gasteiger partial charge on any atom is 0.493 e. The average molecular weight is 727 g/mol. The molecule has 1 aliphatic heterocycles. The van der Waals surface area contributed by atoms with Gasteiger partial charge in [0.15, 0.2) is 21.4 Å². The van der Waals surface area contributed by atoms with Gasteiger partial charge in [-0.3, -0.25) is 4.90 Å². The van der Waals surface area contributed by atoms with Crippen molar-refractivity contribution < 1.29 is 58.3 Å². The monoisotopic (exact) mass is 726 g/mol. The molecular weight excluding hydrogens is 701 g/mol. The molecule has 50 heavy (non-hydrogen) atoms. The van der Waals surface area contributed by atoms with Crippen molar-refractivity contribution in [3.8, 4) is 16.9 Å². The van der Waals surface area contributed by atoms with E-state index in [9.17, 15) is 44.3 Å². The molecule has 2 aromatic heterocycles. The minimum absolute atomic E-state index is 0.0214. The van der Waals surface area contributed by atoms with Crippen LogP contribution >= 0.6 is 0 Å². The number of esters is 1. The summed E-state index contributed by atoms with van der Waals surface area (Å²) in [6.45, 7) is 1.15. The average Bonchev–Trinajstić information content (AvgIpc) is 3.64. The first-order valence-corrected chi connectivity index (χ1v) is 16.6. The molecule has 0 spiro atoms. The molecule has 1 N–H and O–H groups in total. The normalized spacial score (nSPS) is 14.8. The second-order valence-electron chi connectivity index (χ2n) is 11.4. The van der Waals surface area contributed by atoms with Gasteiger partial charge < -0.3 is 19.5 Å². The Labute approximate surface area is 278 Å². The number of halogens is 7. The number of sulfone groups is 1. The quantitative estimate of drug-likeness (QED) is 0.130.